The van der Waals surface area contributed by atoms with Gasteiger partial charge in [0, 0.05) is 11.6 Å². The van der Waals surface area contributed by atoms with Crippen molar-refractivity contribution in [2.45, 2.75) is 24.7 Å². The fourth-order valence-corrected chi connectivity index (χ4v) is 2.03. The Balaban J connectivity index is 2.55. The molecule has 2 N–H and O–H groups in total. The normalized spacial score (nSPS) is 17.9. The molecule has 0 amide bonds. The number of hydrogen-bond acceptors (Lipinski definition) is 2. The number of rotatable bonds is 2. The van der Waals surface area contributed by atoms with E-state index in [0.717, 1.165) is 6.07 Å². The van der Waals surface area contributed by atoms with Gasteiger partial charge in [0.15, 0.2) is 11.6 Å². The summed E-state index contributed by atoms with van der Waals surface area (Å²) in [6.07, 6.45) is 1.27. The molecule has 1 aromatic carbocycles. The van der Waals surface area contributed by atoms with E-state index in [0.29, 0.717) is 25.3 Å². The maximum atomic E-state index is 13.5. The second-order valence-electron chi connectivity index (χ2n) is 4.02. The molecule has 1 aromatic rings. The van der Waals surface area contributed by atoms with Gasteiger partial charge in [-0.05, 0) is 18.9 Å². The van der Waals surface area contributed by atoms with Crippen LogP contribution in [0.3, 0.4) is 0 Å². The monoisotopic (exact) mass is 228 g/mol. The summed E-state index contributed by atoms with van der Waals surface area (Å²) in [7, 11) is 0. The van der Waals surface area contributed by atoms with Crippen molar-refractivity contribution in [2.75, 3.05) is 0 Å². The van der Waals surface area contributed by atoms with E-state index in [4.69, 9.17) is 10.2 Å². The second kappa shape index (κ2) is 3.43. The van der Waals surface area contributed by atoms with E-state index in [1.54, 1.807) is 0 Å². The van der Waals surface area contributed by atoms with Crippen molar-refractivity contribution in [1.82, 2.24) is 0 Å². The standard InChI is InChI=1S/C11H10F2O3/c12-7-5-9(14)8(13)4-6(7)11(10(15)16)2-1-3-11/h4-5,14H,1-3H2,(H,15,16). The molecule has 2 rings (SSSR count). The number of carbonyl (C=O) groups is 1. The zero-order valence-electron chi connectivity index (χ0n) is 8.33. The van der Waals surface area contributed by atoms with Gasteiger partial charge >= 0.3 is 5.97 Å². The molecule has 0 heterocycles. The molecular weight excluding hydrogens is 218 g/mol. The number of phenols is 1. The zero-order valence-corrected chi connectivity index (χ0v) is 8.33. The molecule has 5 heteroatoms. The minimum Gasteiger partial charge on any atom is -0.505 e. The quantitative estimate of drug-likeness (QED) is 0.815. The molecule has 0 bridgehead atoms. The predicted molar refractivity (Wildman–Crippen MR) is 51.2 cm³/mol. The van der Waals surface area contributed by atoms with Crippen LogP contribution in [0.25, 0.3) is 0 Å². The molecule has 0 radical (unpaired) electrons. The molecule has 0 aromatic heterocycles. The zero-order chi connectivity index (χ0) is 11.9. The third kappa shape index (κ3) is 1.35. The SMILES string of the molecule is O=C(O)C1(c2cc(F)c(O)cc2F)CCC1. The van der Waals surface area contributed by atoms with Crippen LogP contribution >= 0.6 is 0 Å². The highest BCUT2D eigenvalue weighted by Crippen LogP contribution is 2.45. The van der Waals surface area contributed by atoms with Gasteiger partial charge in [-0.25, -0.2) is 8.78 Å². The Morgan fingerprint density at radius 2 is 1.88 bits per heavy atom. The van der Waals surface area contributed by atoms with Crippen LogP contribution in [-0.4, -0.2) is 16.2 Å². The van der Waals surface area contributed by atoms with E-state index in [-0.39, 0.29) is 5.56 Å². The smallest absolute Gasteiger partial charge is 0.314 e. The van der Waals surface area contributed by atoms with Gasteiger partial charge in [-0.15, -0.1) is 0 Å². The first-order valence-electron chi connectivity index (χ1n) is 4.89. The highest BCUT2D eigenvalue weighted by molar-refractivity contribution is 5.82. The van der Waals surface area contributed by atoms with Crippen LogP contribution in [0.4, 0.5) is 8.78 Å². The summed E-state index contributed by atoms with van der Waals surface area (Å²) in [5.74, 6) is -3.83. The second-order valence-corrected chi connectivity index (χ2v) is 4.02. The number of halogens is 2. The van der Waals surface area contributed by atoms with E-state index in [1.165, 1.54) is 0 Å². The van der Waals surface area contributed by atoms with Gasteiger partial charge in [0.05, 0.1) is 5.41 Å². The third-order valence-electron chi connectivity index (χ3n) is 3.17. The Morgan fingerprint density at radius 3 is 2.31 bits per heavy atom. The lowest BCUT2D eigenvalue weighted by molar-refractivity contribution is -0.147. The lowest BCUT2D eigenvalue weighted by atomic mass is 9.64. The van der Waals surface area contributed by atoms with Crippen LogP contribution in [-0.2, 0) is 10.2 Å². The first kappa shape index (κ1) is 10.9. The van der Waals surface area contributed by atoms with Crippen LogP contribution in [0.5, 0.6) is 5.75 Å². The van der Waals surface area contributed by atoms with Crippen molar-refractivity contribution in [3.05, 3.63) is 29.3 Å². The van der Waals surface area contributed by atoms with Gasteiger partial charge in [-0.1, -0.05) is 6.42 Å². The Hall–Kier alpha value is -1.65. The molecule has 86 valence electrons. The number of hydrogen-bond donors (Lipinski definition) is 2. The van der Waals surface area contributed by atoms with Gasteiger partial charge in [0.1, 0.15) is 5.82 Å². The summed E-state index contributed by atoms with van der Waals surface area (Å²) >= 11 is 0. The third-order valence-corrected chi connectivity index (χ3v) is 3.17. The first-order valence-corrected chi connectivity index (χ1v) is 4.89. The fraction of sp³-hybridized carbons (Fsp3) is 0.364. The van der Waals surface area contributed by atoms with Crippen LogP contribution in [0.2, 0.25) is 0 Å². The van der Waals surface area contributed by atoms with E-state index in [9.17, 15) is 13.6 Å². The maximum Gasteiger partial charge on any atom is 0.314 e. The van der Waals surface area contributed by atoms with E-state index in [1.807, 2.05) is 0 Å². The molecule has 1 aliphatic carbocycles. The molecule has 1 aliphatic rings. The summed E-state index contributed by atoms with van der Waals surface area (Å²) in [6, 6.07) is 1.39. The minimum absolute atomic E-state index is 0.179. The van der Waals surface area contributed by atoms with Crippen molar-refractivity contribution >= 4 is 5.97 Å². The number of phenolic OH excluding ortho intramolecular Hbond substituents is 1. The molecule has 3 nitrogen and oxygen atoms in total. The van der Waals surface area contributed by atoms with E-state index in [2.05, 4.69) is 0 Å². The van der Waals surface area contributed by atoms with Crippen LogP contribution < -0.4 is 0 Å². The highest BCUT2D eigenvalue weighted by atomic mass is 19.1. The molecule has 1 saturated carbocycles. The van der Waals surface area contributed by atoms with Gasteiger partial charge in [0.2, 0.25) is 0 Å². The molecular formula is C11H10F2O3. The minimum atomic E-state index is -1.32. The lowest BCUT2D eigenvalue weighted by Crippen LogP contribution is -2.43. The van der Waals surface area contributed by atoms with Crippen molar-refractivity contribution < 1.29 is 23.8 Å². The van der Waals surface area contributed by atoms with Gasteiger partial charge < -0.3 is 10.2 Å². The molecule has 0 spiro atoms. The molecule has 0 aliphatic heterocycles. The molecule has 0 unspecified atom stereocenters. The summed E-state index contributed by atoms with van der Waals surface area (Å²) < 4.78 is 26.6. The molecule has 16 heavy (non-hydrogen) atoms. The Labute approximate surface area is 90.3 Å². The lowest BCUT2D eigenvalue weighted by Gasteiger charge is -2.38. The fourth-order valence-electron chi connectivity index (χ4n) is 2.03. The van der Waals surface area contributed by atoms with Crippen molar-refractivity contribution in [1.29, 1.82) is 0 Å². The maximum absolute atomic E-state index is 13.5. The first-order chi connectivity index (χ1) is 7.47. The Bertz CT molecular complexity index is 453. The molecule has 0 atom stereocenters. The van der Waals surface area contributed by atoms with Crippen molar-refractivity contribution in [2.24, 2.45) is 0 Å². The van der Waals surface area contributed by atoms with Gasteiger partial charge in [0.25, 0.3) is 0 Å². The van der Waals surface area contributed by atoms with Crippen LogP contribution in [0.15, 0.2) is 12.1 Å². The average molecular weight is 228 g/mol. The Kier molecular flexibility index (Phi) is 2.33. The molecule has 1 fully saturated rings. The van der Waals surface area contributed by atoms with Gasteiger partial charge in [-0.3, -0.25) is 4.79 Å². The highest BCUT2D eigenvalue weighted by Gasteiger charge is 2.47. The summed E-state index contributed by atoms with van der Waals surface area (Å²) in [4.78, 5) is 11.1. The average Bonchev–Trinajstić information content (AvgIpc) is 2.11. The number of aromatic hydroxyl groups is 1. The van der Waals surface area contributed by atoms with Crippen molar-refractivity contribution in [3.63, 3.8) is 0 Å². The predicted octanol–water partition coefficient (Wildman–Crippen LogP) is 2.18. The van der Waals surface area contributed by atoms with Crippen molar-refractivity contribution in [3.8, 4) is 5.75 Å². The number of carboxylic acids is 1. The van der Waals surface area contributed by atoms with Crippen LogP contribution in [0.1, 0.15) is 24.8 Å². The summed E-state index contributed by atoms with van der Waals surface area (Å²) in [5.41, 5.74) is -1.50. The number of aliphatic carboxylic acids is 1. The topological polar surface area (TPSA) is 57.5 Å². The van der Waals surface area contributed by atoms with Gasteiger partial charge in [-0.2, -0.15) is 0 Å². The van der Waals surface area contributed by atoms with E-state index >= 15 is 0 Å². The number of carboxylic acid groups (broad SMARTS) is 1. The largest absolute Gasteiger partial charge is 0.505 e. The molecule has 0 saturated heterocycles. The van der Waals surface area contributed by atoms with Crippen LogP contribution in [0, 0.1) is 11.6 Å². The summed E-state index contributed by atoms with van der Waals surface area (Å²) in [6.45, 7) is 0. The number of benzene rings is 1. The van der Waals surface area contributed by atoms with E-state index < -0.39 is 28.8 Å². The Morgan fingerprint density at radius 1 is 1.25 bits per heavy atom. The summed E-state index contributed by atoms with van der Waals surface area (Å²) in [5, 5.41) is 18.0.